The molecule has 2 aromatic rings. The standard InChI is InChI=1S/C31H34FNO4S/c1-18-14-24-23-9-8-20-15-21(34)10-12-28(20,2)30(23,32)25(35)16-29(24,3)31(18,37)26(36)17-38-27-22-7-5-4-6-19(22)11-13-33-27/h4-7,10-13,15,18,23-25,35,37H,8-9,14,16-17H2,1-3H3/t18-,23?,24?,25+,28?,29?,30+,31+/m1/s1. The molecule has 38 heavy (non-hydrogen) atoms. The van der Waals surface area contributed by atoms with Crippen LogP contribution in [-0.2, 0) is 9.59 Å². The first-order valence-electron chi connectivity index (χ1n) is 13.5. The zero-order valence-corrected chi connectivity index (χ0v) is 22.8. The Hall–Kier alpha value is -2.35. The number of carbonyl (C=O) groups is 2. The summed E-state index contributed by atoms with van der Waals surface area (Å²) < 4.78 is 17.3. The van der Waals surface area contributed by atoms with Crippen LogP contribution in [0, 0.1) is 28.6 Å². The van der Waals surface area contributed by atoms with Crippen LogP contribution in [0.3, 0.4) is 0 Å². The summed E-state index contributed by atoms with van der Waals surface area (Å²) in [7, 11) is 0. The second-order valence-electron chi connectivity index (χ2n) is 12.2. The molecule has 4 unspecified atom stereocenters. The lowest BCUT2D eigenvalue weighted by atomic mass is 9.44. The van der Waals surface area contributed by atoms with Crippen LogP contribution in [0.4, 0.5) is 4.39 Å². The number of alkyl halides is 1. The average Bonchev–Trinajstić information content (AvgIpc) is 3.10. The number of fused-ring (bicyclic) bond motifs is 6. The average molecular weight is 536 g/mol. The molecule has 5 nitrogen and oxygen atoms in total. The van der Waals surface area contributed by atoms with Crippen molar-refractivity contribution in [1.29, 1.82) is 0 Å². The number of rotatable bonds is 4. The summed E-state index contributed by atoms with van der Waals surface area (Å²) in [5.41, 5.74) is -5.00. The Bertz CT molecular complexity index is 1400. The molecule has 0 amide bonds. The van der Waals surface area contributed by atoms with Gasteiger partial charge in [-0.3, -0.25) is 9.59 Å². The number of aliphatic hydroxyl groups is 2. The Balaban J connectivity index is 1.32. The number of hydrogen-bond acceptors (Lipinski definition) is 6. The fourth-order valence-electron chi connectivity index (χ4n) is 8.59. The lowest BCUT2D eigenvalue weighted by Crippen LogP contribution is -2.69. The fraction of sp³-hybridized carbons (Fsp3) is 0.516. The van der Waals surface area contributed by atoms with Gasteiger partial charge >= 0.3 is 0 Å². The van der Waals surface area contributed by atoms with Gasteiger partial charge in [-0.15, -0.1) is 0 Å². The maximum absolute atomic E-state index is 17.3. The smallest absolute Gasteiger partial charge is 0.178 e. The number of thioether (sulfide) groups is 1. The number of carbonyl (C=O) groups excluding carboxylic acids is 2. The van der Waals surface area contributed by atoms with Crippen LogP contribution in [0.25, 0.3) is 10.8 Å². The first kappa shape index (κ1) is 25.9. The van der Waals surface area contributed by atoms with E-state index in [1.165, 1.54) is 23.9 Å². The van der Waals surface area contributed by atoms with Crippen molar-refractivity contribution in [2.75, 3.05) is 5.75 Å². The van der Waals surface area contributed by atoms with Gasteiger partial charge in [-0.1, -0.05) is 61.5 Å². The Labute approximate surface area is 226 Å². The maximum atomic E-state index is 17.3. The highest BCUT2D eigenvalue weighted by Gasteiger charge is 2.75. The van der Waals surface area contributed by atoms with E-state index in [9.17, 15) is 19.8 Å². The van der Waals surface area contributed by atoms with Gasteiger partial charge in [0.25, 0.3) is 0 Å². The van der Waals surface area contributed by atoms with Gasteiger partial charge in [0.05, 0.1) is 11.9 Å². The molecule has 4 aliphatic carbocycles. The summed E-state index contributed by atoms with van der Waals surface area (Å²) in [4.78, 5) is 30.4. The highest BCUT2D eigenvalue weighted by atomic mass is 32.2. The van der Waals surface area contributed by atoms with E-state index in [1.54, 1.807) is 19.2 Å². The Morgan fingerprint density at radius 3 is 2.76 bits per heavy atom. The quantitative estimate of drug-likeness (QED) is 0.521. The maximum Gasteiger partial charge on any atom is 0.178 e. The van der Waals surface area contributed by atoms with Gasteiger partial charge in [0.1, 0.15) is 10.6 Å². The van der Waals surface area contributed by atoms with Crippen molar-refractivity contribution in [3.8, 4) is 0 Å². The molecule has 6 rings (SSSR count). The third kappa shape index (κ3) is 3.21. The first-order valence-corrected chi connectivity index (χ1v) is 14.5. The Morgan fingerprint density at radius 2 is 1.97 bits per heavy atom. The van der Waals surface area contributed by atoms with E-state index in [1.807, 2.05) is 44.2 Å². The topological polar surface area (TPSA) is 87.5 Å². The van der Waals surface area contributed by atoms with E-state index in [-0.39, 0.29) is 35.6 Å². The van der Waals surface area contributed by atoms with Crippen LogP contribution in [0.1, 0.15) is 46.5 Å². The molecule has 0 radical (unpaired) electrons. The lowest BCUT2D eigenvalue weighted by Gasteiger charge is -2.62. The van der Waals surface area contributed by atoms with Crippen molar-refractivity contribution >= 4 is 34.1 Å². The predicted molar refractivity (Wildman–Crippen MR) is 145 cm³/mol. The third-order valence-electron chi connectivity index (χ3n) is 10.6. The van der Waals surface area contributed by atoms with Crippen molar-refractivity contribution in [3.05, 3.63) is 60.3 Å². The SMILES string of the molecule is C[C@@H]1CC2C3CCC4=CC(=O)C=CC4(C)[C@@]3(F)[C@@H](O)CC2(C)[C@@]1(O)C(=O)CSc1nccc2ccccc12. The number of allylic oxidation sites excluding steroid dienone is 4. The van der Waals surface area contributed by atoms with Gasteiger partial charge in [-0.25, -0.2) is 9.37 Å². The normalized spacial score (nSPS) is 41.8. The number of pyridine rings is 1. The minimum atomic E-state index is -1.98. The molecule has 1 aromatic carbocycles. The lowest BCUT2D eigenvalue weighted by molar-refractivity contribution is -0.218. The number of aliphatic hydroxyl groups excluding tert-OH is 1. The van der Waals surface area contributed by atoms with Crippen molar-refractivity contribution in [1.82, 2.24) is 4.98 Å². The number of hydrogen-bond donors (Lipinski definition) is 2. The van der Waals surface area contributed by atoms with Gasteiger partial charge in [0, 0.05) is 28.3 Å². The molecule has 0 bridgehead atoms. The van der Waals surface area contributed by atoms with E-state index < -0.39 is 34.1 Å². The summed E-state index contributed by atoms with van der Waals surface area (Å²) in [5.74, 6) is -1.59. The second kappa shape index (κ2) is 8.57. The van der Waals surface area contributed by atoms with Gasteiger partial charge in [0.2, 0.25) is 0 Å². The molecular formula is C31H34FNO4S. The van der Waals surface area contributed by atoms with E-state index in [0.29, 0.717) is 19.3 Å². The van der Waals surface area contributed by atoms with Crippen LogP contribution in [0.15, 0.2) is 65.4 Å². The predicted octanol–water partition coefficient (Wildman–Crippen LogP) is 5.24. The van der Waals surface area contributed by atoms with Crippen molar-refractivity contribution in [3.63, 3.8) is 0 Å². The molecular weight excluding hydrogens is 501 g/mol. The minimum absolute atomic E-state index is 0.0148. The first-order chi connectivity index (χ1) is 18.0. The second-order valence-corrected chi connectivity index (χ2v) is 13.2. The molecule has 1 heterocycles. The Kier molecular flexibility index (Phi) is 5.84. The highest BCUT2D eigenvalue weighted by Crippen LogP contribution is 2.70. The van der Waals surface area contributed by atoms with E-state index >= 15 is 4.39 Å². The number of Topliss-reactive ketones (excluding diaryl/α,β-unsaturated/α-hetero) is 1. The fourth-order valence-corrected chi connectivity index (χ4v) is 9.56. The van der Waals surface area contributed by atoms with Gasteiger partial charge in [0.15, 0.2) is 17.2 Å². The number of nitrogens with zero attached hydrogens (tertiary/aromatic N) is 1. The Morgan fingerprint density at radius 1 is 1.21 bits per heavy atom. The van der Waals surface area contributed by atoms with Crippen molar-refractivity contribution < 1.29 is 24.2 Å². The summed E-state index contributed by atoms with van der Waals surface area (Å²) in [6.07, 6.45) is 6.43. The molecule has 200 valence electrons. The van der Waals surface area contributed by atoms with Gasteiger partial charge in [-0.2, -0.15) is 0 Å². The van der Waals surface area contributed by atoms with Crippen LogP contribution in [-0.4, -0.2) is 49.9 Å². The van der Waals surface area contributed by atoms with Gasteiger partial charge in [-0.05, 0) is 68.0 Å². The van der Waals surface area contributed by atoms with Crippen LogP contribution in [0.5, 0.6) is 0 Å². The number of ketones is 2. The molecule has 0 spiro atoms. The molecule has 2 N–H and O–H groups in total. The number of benzene rings is 1. The third-order valence-corrected chi connectivity index (χ3v) is 11.6. The monoisotopic (exact) mass is 535 g/mol. The molecule has 0 saturated heterocycles. The van der Waals surface area contributed by atoms with E-state index in [0.717, 1.165) is 21.4 Å². The molecule has 8 atom stereocenters. The van der Waals surface area contributed by atoms with E-state index in [2.05, 4.69) is 4.98 Å². The zero-order valence-electron chi connectivity index (χ0n) is 22.0. The molecule has 3 fully saturated rings. The summed E-state index contributed by atoms with van der Waals surface area (Å²) in [6, 6.07) is 9.78. The number of halogens is 1. The molecule has 4 aliphatic rings. The zero-order chi connectivity index (χ0) is 27.1. The largest absolute Gasteiger partial charge is 0.390 e. The molecule has 7 heteroatoms. The number of aromatic nitrogens is 1. The summed E-state index contributed by atoms with van der Waals surface area (Å²) >= 11 is 1.32. The summed E-state index contributed by atoms with van der Waals surface area (Å²) in [6.45, 7) is 5.53. The van der Waals surface area contributed by atoms with Gasteiger partial charge < -0.3 is 10.2 Å². The molecule has 1 aromatic heterocycles. The van der Waals surface area contributed by atoms with Crippen LogP contribution >= 0.6 is 11.8 Å². The van der Waals surface area contributed by atoms with E-state index in [4.69, 9.17) is 0 Å². The van der Waals surface area contributed by atoms with Crippen LogP contribution < -0.4 is 0 Å². The van der Waals surface area contributed by atoms with Crippen molar-refractivity contribution in [2.24, 2.45) is 28.6 Å². The molecule has 0 aliphatic heterocycles. The minimum Gasteiger partial charge on any atom is -0.390 e. The molecule has 3 saturated carbocycles. The highest BCUT2D eigenvalue weighted by molar-refractivity contribution is 8.00. The van der Waals surface area contributed by atoms with Crippen molar-refractivity contribution in [2.45, 2.75) is 68.9 Å². The summed E-state index contributed by atoms with van der Waals surface area (Å²) in [5, 5.41) is 26.4. The van der Waals surface area contributed by atoms with Crippen LogP contribution in [0.2, 0.25) is 0 Å².